The van der Waals surface area contributed by atoms with E-state index >= 15 is 0 Å². The second kappa shape index (κ2) is 5.66. The van der Waals surface area contributed by atoms with Crippen molar-refractivity contribution in [3.63, 3.8) is 0 Å². The maximum Gasteiger partial charge on any atom is 0.252 e. The fourth-order valence-corrected chi connectivity index (χ4v) is 2.74. The molecule has 1 N–H and O–H groups in total. The number of hydrogen-bond acceptors (Lipinski definition) is 4. The fourth-order valence-electron chi connectivity index (χ4n) is 2.74. The van der Waals surface area contributed by atoms with Crippen LogP contribution in [0.1, 0.15) is 24.7 Å². The number of amides is 1. The Labute approximate surface area is 118 Å². The number of carbonyl (C=O) groups excluding carboxylic acids is 1. The van der Waals surface area contributed by atoms with Gasteiger partial charge in [-0.15, -0.1) is 0 Å². The maximum absolute atomic E-state index is 12.5. The molecule has 6 heteroatoms. The van der Waals surface area contributed by atoms with E-state index in [1.807, 2.05) is 11.1 Å². The van der Waals surface area contributed by atoms with Crippen LogP contribution >= 0.6 is 0 Å². The Morgan fingerprint density at radius 2 is 2.40 bits per heavy atom. The Bertz CT molecular complexity index is 497. The molecule has 0 saturated carbocycles. The molecule has 1 aromatic rings. The summed E-state index contributed by atoms with van der Waals surface area (Å²) in [5, 5.41) is 0. The van der Waals surface area contributed by atoms with E-state index in [1.54, 1.807) is 12.5 Å². The predicted molar refractivity (Wildman–Crippen MR) is 73.8 cm³/mol. The van der Waals surface area contributed by atoms with Crippen LogP contribution in [-0.2, 0) is 9.53 Å². The molecule has 1 fully saturated rings. The number of carbonyl (C=O) groups is 1. The van der Waals surface area contributed by atoms with E-state index in [9.17, 15) is 4.79 Å². The van der Waals surface area contributed by atoms with Crippen molar-refractivity contribution in [2.75, 3.05) is 33.3 Å². The molecule has 0 spiro atoms. The van der Waals surface area contributed by atoms with E-state index in [0.717, 1.165) is 37.3 Å². The Hall–Kier alpha value is -1.82. The molecule has 1 amide bonds. The highest BCUT2D eigenvalue weighted by molar-refractivity contribution is 5.93. The van der Waals surface area contributed by atoms with E-state index in [0.29, 0.717) is 13.2 Å². The van der Waals surface area contributed by atoms with Crippen LogP contribution in [0.15, 0.2) is 24.2 Å². The van der Waals surface area contributed by atoms with Crippen molar-refractivity contribution in [2.24, 2.45) is 0 Å². The Morgan fingerprint density at radius 1 is 1.50 bits per heavy atom. The van der Waals surface area contributed by atoms with Crippen molar-refractivity contribution in [1.29, 1.82) is 0 Å². The van der Waals surface area contributed by atoms with E-state index in [2.05, 4.69) is 21.9 Å². The molecule has 0 aliphatic carbocycles. The SMILES string of the molecule is CN1CCN(C(=O)C2=COCCC2)C[C@@H]1c1ncc[nH]1. The molecular formula is C14H20N4O2. The molecule has 2 aliphatic heterocycles. The minimum absolute atomic E-state index is 0.106. The van der Waals surface area contributed by atoms with Gasteiger partial charge in [-0.05, 0) is 19.9 Å². The fraction of sp³-hybridized carbons (Fsp3) is 0.571. The lowest BCUT2D eigenvalue weighted by Crippen LogP contribution is -2.49. The minimum Gasteiger partial charge on any atom is -0.501 e. The molecule has 20 heavy (non-hydrogen) atoms. The average molecular weight is 276 g/mol. The smallest absolute Gasteiger partial charge is 0.252 e. The van der Waals surface area contributed by atoms with Crippen molar-refractivity contribution in [3.8, 4) is 0 Å². The summed E-state index contributed by atoms with van der Waals surface area (Å²) in [7, 11) is 2.07. The lowest BCUT2D eigenvalue weighted by Gasteiger charge is -2.39. The first-order valence-corrected chi connectivity index (χ1v) is 7.05. The van der Waals surface area contributed by atoms with Gasteiger partial charge in [0.15, 0.2) is 0 Å². The summed E-state index contributed by atoms with van der Waals surface area (Å²) < 4.78 is 5.28. The molecule has 1 saturated heterocycles. The van der Waals surface area contributed by atoms with Crippen LogP contribution in [0.4, 0.5) is 0 Å². The van der Waals surface area contributed by atoms with Crippen molar-refractivity contribution in [3.05, 3.63) is 30.1 Å². The zero-order valence-electron chi connectivity index (χ0n) is 11.7. The molecule has 3 rings (SSSR count). The van der Waals surface area contributed by atoms with Crippen LogP contribution in [0.25, 0.3) is 0 Å². The van der Waals surface area contributed by atoms with Crippen LogP contribution < -0.4 is 0 Å². The quantitative estimate of drug-likeness (QED) is 0.872. The number of imidazole rings is 1. The summed E-state index contributed by atoms with van der Waals surface area (Å²) in [6.45, 7) is 2.99. The Balaban J connectivity index is 1.72. The van der Waals surface area contributed by atoms with Gasteiger partial charge in [0.2, 0.25) is 0 Å². The topological polar surface area (TPSA) is 61.5 Å². The van der Waals surface area contributed by atoms with E-state index < -0.39 is 0 Å². The largest absolute Gasteiger partial charge is 0.501 e. The Kier molecular flexibility index (Phi) is 3.73. The lowest BCUT2D eigenvalue weighted by molar-refractivity contribution is -0.130. The highest BCUT2D eigenvalue weighted by Gasteiger charge is 2.31. The predicted octanol–water partition coefficient (Wildman–Crippen LogP) is 0.919. The van der Waals surface area contributed by atoms with Crippen LogP contribution in [0.3, 0.4) is 0 Å². The van der Waals surface area contributed by atoms with Gasteiger partial charge in [0, 0.05) is 32.0 Å². The second-order valence-corrected chi connectivity index (χ2v) is 5.34. The summed E-state index contributed by atoms with van der Waals surface area (Å²) in [6, 6.07) is 0.132. The summed E-state index contributed by atoms with van der Waals surface area (Å²) >= 11 is 0. The summed E-state index contributed by atoms with van der Waals surface area (Å²) in [5.41, 5.74) is 0.791. The summed E-state index contributed by atoms with van der Waals surface area (Å²) in [4.78, 5) is 24.1. The number of H-pyrrole nitrogens is 1. The van der Waals surface area contributed by atoms with Crippen molar-refractivity contribution in [1.82, 2.24) is 19.8 Å². The van der Waals surface area contributed by atoms with Gasteiger partial charge >= 0.3 is 0 Å². The highest BCUT2D eigenvalue weighted by atomic mass is 16.5. The third kappa shape index (κ3) is 2.56. The number of likely N-dealkylation sites (N-methyl/N-ethyl adjacent to an activating group) is 1. The van der Waals surface area contributed by atoms with Crippen LogP contribution in [0.5, 0.6) is 0 Å². The van der Waals surface area contributed by atoms with E-state index in [-0.39, 0.29) is 11.9 Å². The van der Waals surface area contributed by atoms with Gasteiger partial charge in [-0.1, -0.05) is 0 Å². The van der Waals surface area contributed by atoms with Crippen LogP contribution in [0.2, 0.25) is 0 Å². The number of hydrogen-bond donors (Lipinski definition) is 1. The third-order valence-corrected chi connectivity index (χ3v) is 3.98. The van der Waals surface area contributed by atoms with Gasteiger partial charge in [0.1, 0.15) is 5.82 Å². The van der Waals surface area contributed by atoms with Crippen LogP contribution in [0, 0.1) is 0 Å². The number of ether oxygens (including phenoxy) is 1. The maximum atomic E-state index is 12.5. The molecular weight excluding hydrogens is 256 g/mol. The van der Waals surface area contributed by atoms with Crippen LogP contribution in [-0.4, -0.2) is 59.0 Å². The zero-order chi connectivity index (χ0) is 13.9. The molecule has 0 aromatic carbocycles. The molecule has 1 aromatic heterocycles. The summed E-state index contributed by atoms with van der Waals surface area (Å²) in [6.07, 6.45) is 6.94. The van der Waals surface area contributed by atoms with Crippen molar-refractivity contribution in [2.45, 2.75) is 18.9 Å². The first-order chi connectivity index (χ1) is 9.75. The van der Waals surface area contributed by atoms with Gasteiger partial charge in [0.25, 0.3) is 5.91 Å². The molecule has 6 nitrogen and oxygen atoms in total. The molecule has 3 heterocycles. The molecule has 2 aliphatic rings. The lowest BCUT2D eigenvalue weighted by atomic mass is 10.1. The van der Waals surface area contributed by atoms with Gasteiger partial charge in [-0.3, -0.25) is 9.69 Å². The molecule has 108 valence electrons. The number of nitrogens with one attached hydrogen (secondary N) is 1. The monoisotopic (exact) mass is 276 g/mol. The van der Waals surface area contributed by atoms with Gasteiger partial charge in [0.05, 0.1) is 24.5 Å². The molecule has 1 atom stereocenters. The van der Waals surface area contributed by atoms with E-state index in [4.69, 9.17) is 4.74 Å². The van der Waals surface area contributed by atoms with Gasteiger partial charge < -0.3 is 14.6 Å². The first-order valence-electron chi connectivity index (χ1n) is 7.05. The number of aromatic nitrogens is 2. The van der Waals surface area contributed by atoms with E-state index in [1.165, 1.54) is 0 Å². The zero-order valence-corrected chi connectivity index (χ0v) is 11.7. The first kappa shape index (κ1) is 13.2. The van der Waals surface area contributed by atoms with Gasteiger partial charge in [-0.25, -0.2) is 4.98 Å². The number of piperazine rings is 1. The normalized spacial score (nSPS) is 24.1. The van der Waals surface area contributed by atoms with Crippen molar-refractivity contribution < 1.29 is 9.53 Å². The molecule has 0 bridgehead atoms. The molecule has 0 radical (unpaired) electrons. The standard InChI is InChI=1S/C14H20N4O2/c1-17-6-7-18(9-12(17)13-15-4-5-16-13)14(19)11-3-2-8-20-10-11/h4-5,10,12H,2-3,6-9H2,1H3,(H,15,16)/t12-/m1/s1. The van der Waals surface area contributed by atoms with Gasteiger partial charge in [-0.2, -0.15) is 0 Å². The third-order valence-electron chi connectivity index (χ3n) is 3.98. The second-order valence-electron chi connectivity index (χ2n) is 5.34. The Morgan fingerprint density at radius 3 is 3.10 bits per heavy atom. The summed E-state index contributed by atoms with van der Waals surface area (Å²) in [5.74, 6) is 1.02. The highest BCUT2D eigenvalue weighted by Crippen LogP contribution is 2.23. The minimum atomic E-state index is 0.106. The van der Waals surface area contributed by atoms with Crippen molar-refractivity contribution >= 4 is 5.91 Å². The number of rotatable bonds is 2. The average Bonchev–Trinajstić information content (AvgIpc) is 3.02. The number of nitrogens with zero attached hydrogens (tertiary/aromatic N) is 3. The number of aromatic amines is 1. The molecule has 0 unspecified atom stereocenters.